The maximum Gasteiger partial charge on any atom is 0.0652 e. The van der Waals surface area contributed by atoms with Crippen molar-refractivity contribution in [2.45, 2.75) is 45.2 Å². The molecule has 100 valence electrons. The second-order valence-electron chi connectivity index (χ2n) is 5.07. The first-order valence-electron chi connectivity index (χ1n) is 6.45. The molecular weight excluding hydrogens is 289 g/mol. The van der Waals surface area contributed by atoms with Gasteiger partial charge in [0.05, 0.1) is 10.0 Å². The van der Waals surface area contributed by atoms with Gasteiger partial charge in [-0.3, -0.25) is 0 Å². The van der Waals surface area contributed by atoms with Crippen LogP contribution in [0.3, 0.4) is 0 Å². The minimum absolute atomic E-state index is 0.560. The fourth-order valence-electron chi connectivity index (χ4n) is 2.58. The average Bonchev–Trinajstić information content (AvgIpc) is 2.36. The maximum absolute atomic E-state index is 6.20. The van der Waals surface area contributed by atoms with Gasteiger partial charge in [0, 0.05) is 23.2 Å². The molecule has 0 saturated heterocycles. The summed E-state index contributed by atoms with van der Waals surface area (Å²) in [5.74, 6) is 0.718. The van der Waals surface area contributed by atoms with E-state index in [1.54, 1.807) is 12.1 Å². The molecule has 1 saturated carbocycles. The van der Waals surface area contributed by atoms with Gasteiger partial charge in [0.1, 0.15) is 0 Å². The number of halogens is 3. The third-order valence-electron chi connectivity index (χ3n) is 3.79. The van der Waals surface area contributed by atoms with Crippen LogP contribution in [0.1, 0.15) is 38.2 Å². The van der Waals surface area contributed by atoms with Gasteiger partial charge in [-0.05, 0) is 30.9 Å². The van der Waals surface area contributed by atoms with Crippen LogP contribution in [0.15, 0.2) is 12.1 Å². The smallest absolute Gasteiger partial charge is 0.0652 e. The van der Waals surface area contributed by atoms with Crippen LogP contribution in [0.25, 0.3) is 0 Å². The highest BCUT2D eigenvalue weighted by atomic mass is 35.5. The van der Waals surface area contributed by atoms with Crippen LogP contribution in [-0.2, 0) is 6.54 Å². The Morgan fingerprint density at radius 1 is 1.11 bits per heavy atom. The summed E-state index contributed by atoms with van der Waals surface area (Å²) < 4.78 is 0. The van der Waals surface area contributed by atoms with E-state index in [1.165, 1.54) is 25.7 Å². The Labute approximate surface area is 124 Å². The van der Waals surface area contributed by atoms with Crippen molar-refractivity contribution in [2.75, 3.05) is 0 Å². The summed E-state index contributed by atoms with van der Waals surface area (Å²) in [5, 5.41) is 5.38. The van der Waals surface area contributed by atoms with E-state index in [0.717, 1.165) is 11.5 Å². The Morgan fingerprint density at radius 3 is 2.50 bits per heavy atom. The SMILES string of the molecule is CC1CCCCC1NCc1c(Cl)ccc(Cl)c1Cl. The van der Waals surface area contributed by atoms with Gasteiger partial charge in [-0.2, -0.15) is 0 Å². The van der Waals surface area contributed by atoms with Gasteiger partial charge >= 0.3 is 0 Å². The molecule has 0 heterocycles. The van der Waals surface area contributed by atoms with E-state index in [0.29, 0.717) is 27.7 Å². The Bertz CT molecular complexity index is 420. The van der Waals surface area contributed by atoms with Crippen LogP contribution < -0.4 is 5.32 Å². The van der Waals surface area contributed by atoms with Crippen molar-refractivity contribution in [1.82, 2.24) is 5.32 Å². The third-order valence-corrected chi connectivity index (χ3v) is 4.99. The third kappa shape index (κ3) is 3.33. The Balaban J connectivity index is 2.03. The molecule has 2 unspecified atom stereocenters. The van der Waals surface area contributed by atoms with Crippen LogP contribution in [0.2, 0.25) is 15.1 Å². The zero-order valence-corrected chi connectivity index (χ0v) is 12.7. The number of hydrogen-bond donors (Lipinski definition) is 1. The van der Waals surface area contributed by atoms with E-state index < -0.39 is 0 Å². The number of rotatable bonds is 3. The van der Waals surface area contributed by atoms with Gasteiger partial charge in [-0.15, -0.1) is 0 Å². The molecule has 1 aromatic rings. The highest BCUT2D eigenvalue weighted by Crippen LogP contribution is 2.32. The molecule has 0 aromatic heterocycles. The van der Waals surface area contributed by atoms with Crippen LogP contribution in [0, 0.1) is 5.92 Å². The molecule has 1 fully saturated rings. The zero-order valence-electron chi connectivity index (χ0n) is 10.5. The van der Waals surface area contributed by atoms with Crippen molar-refractivity contribution in [3.63, 3.8) is 0 Å². The molecule has 0 spiro atoms. The monoisotopic (exact) mass is 305 g/mol. The highest BCUT2D eigenvalue weighted by molar-refractivity contribution is 6.44. The molecule has 2 rings (SSSR count). The van der Waals surface area contributed by atoms with Gasteiger partial charge in [-0.25, -0.2) is 0 Å². The lowest BCUT2D eigenvalue weighted by atomic mass is 9.86. The first-order chi connectivity index (χ1) is 8.59. The minimum Gasteiger partial charge on any atom is -0.310 e. The van der Waals surface area contributed by atoms with E-state index >= 15 is 0 Å². The lowest BCUT2D eigenvalue weighted by molar-refractivity contribution is 0.279. The maximum atomic E-state index is 6.20. The van der Waals surface area contributed by atoms with Crippen molar-refractivity contribution in [3.05, 3.63) is 32.8 Å². The number of nitrogens with one attached hydrogen (secondary N) is 1. The predicted octanol–water partition coefficient (Wildman–Crippen LogP) is 5.32. The van der Waals surface area contributed by atoms with Crippen LogP contribution in [0.4, 0.5) is 0 Å². The van der Waals surface area contributed by atoms with Crippen molar-refractivity contribution >= 4 is 34.8 Å². The molecule has 1 N–H and O–H groups in total. The second kappa shape index (κ2) is 6.47. The summed E-state index contributed by atoms with van der Waals surface area (Å²) in [7, 11) is 0. The van der Waals surface area contributed by atoms with E-state index in [-0.39, 0.29) is 0 Å². The van der Waals surface area contributed by atoms with Gasteiger partial charge in [-0.1, -0.05) is 54.6 Å². The number of hydrogen-bond acceptors (Lipinski definition) is 1. The van der Waals surface area contributed by atoms with Gasteiger partial charge < -0.3 is 5.32 Å². The molecular formula is C14H18Cl3N. The van der Waals surface area contributed by atoms with Gasteiger partial charge in [0.15, 0.2) is 0 Å². The molecule has 1 aliphatic carbocycles. The molecule has 1 aliphatic rings. The van der Waals surface area contributed by atoms with Crippen molar-refractivity contribution in [3.8, 4) is 0 Å². The Kier molecular flexibility index (Phi) is 5.20. The summed E-state index contributed by atoms with van der Waals surface area (Å²) >= 11 is 18.4. The van der Waals surface area contributed by atoms with E-state index in [1.807, 2.05) is 0 Å². The first kappa shape index (κ1) is 14.5. The van der Waals surface area contributed by atoms with Crippen molar-refractivity contribution < 1.29 is 0 Å². The highest BCUT2D eigenvalue weighted by Gasteiger charge is 2.21. The Morgan fingerprint density at radius 2 is 1.78 bits per heavy atom. The molecule has 0 radical (unpaired) electrons. The first-order valence-corrected chi connectivity index (χ1v) is 7.58. The number of benzene rings is 1. The predicted molar refractivity (Wildman–Crippen MR) is 79.7 cm³/mol. The Hall–Kier alpha value is 0.0500. The lowest BCUT2D eigenvalue weighted by Gasteiger charge is -2.30. The molecule has 4 heteroatoms. The summed E-state index contributed by atoms with van der Waals surface area (Å²) in [6.45, 7) is 2.99. The van der Waals surface area contributed by atoms with E-state index in [2.05, 4.69) is 12.2 Å². The minimum atomic E-state index is 0.560. The fourth-order valence-corrected chi connectivity index (χ4v) is 3.27. The fraction of sp³-hybridized carbons (Fsp3) is 0.571. The molecule has 18 heavy (non-hydrogen) atoms. The van der Waals surface area contributed by atoms with Crippen molar-refractivity contribution in [1.29, 1.82) is 0 Å². The zero-order chi connectivity index (χ0) is 13.1. The molecule has 0 aliphatic heterocycles. The second-order valence-corrected chi connectivity index (χ2v) is 6.26. The molecule has 1 nitrogen and oxygen atoms in total. The molecule has 0 amide bonds. The summed E-state index contributed by atoms with van der Waals surface area (Å²) in [5.41, 5.74) is 0.906. The van der Waals surface area contributed by atoms with Gasteiger partial charge in [0.25, 0.3) is 0 Å². The van der Waals surface area contributed by atoms with Crippen LogP contribution >= 0.6 is 34.8 Å². The van der Waals surface area contributed by atoms with Crippen LogP contribution in [0.5, 0.6) is 0 Å². The molecule has 2 atom stereocenters. The topological polar surface area (TPSA) is 12.0 Å². The summed E-state index contributed by atoms with van der Waals surface area (Å²) in [4.78, 5) is 0. The summed E-state index contributed by atoms with van der Waals surface area (Å²) in [6, 6.07) is 4.10. The quantitative estimate of drug-likeness (QED) is 0.746. The standard InChI is InChI=1S/C14H18Cl3N/c1-9-4-2-3-5-13(9)18-8-10-11(15)6-7-12(16)14(10)17/h6-7,9,13,18H,2-5,8H2,1H3. The largest absolute Gasteiger partial charge is 0.310 e. The normalized spacial score (nSPS) is 24.2. The van der Waals surface area contributed by atoms with Gasteiger partial charge in [0.2, 0.25) is 0 Å². The van der Waals surface area contributed by atoms with Crippen molar-refractivity contribution in [2.24, 2.45) is 5.92 Å². The molecule has 1 aromatic carbocycles. The van der Waals surface area contributed by atoms with E-state index in [4.69, 9.17) is 34.8 Å². The van der Waals surface area contributed by atoms with E-state index in [9.17, 15) is 0 Å². The summed E-state index contributed by atoms with van der Waals surface area (Å²) in [6.07, 6.45) is 5.18. The lowest BCUT2D eigenvalue weighted by Crippen LogP contribution is -2.36. The average molecular weight is 307 g/mol. The molecule has 0 bridgehead atoms. The van der Waals surface area contributed by atoms with Crippen LogP contribution in [-0.4, -0.2) is 6.04 Å².